The van der Waals surface area contributed by atoms with Gasteiger partial charge in [0.05, 0.1) is 23.1 Å². The molecule has 0 aliphatic carbocycles. The highest BCUT2D eigenvalue weighted by Gasteiger charge is 2.05. The van der Waals surface area contributed by atoms with Gasteiger partial charge in [-0.3, -0.25) is 9.67 Å². The minimum Gasteiger partial charge on any atom is -0.486 e. The predicted molar refractivity (Wildman–Crippen MR) is 78.7 cm³/mol. The number of pyridine rings is 1. The SMILES string of the molecule is CCn1nc(C)cc1COc1cnc2ccccc2c1. The number of hydrogen-bond donors (Lipinski definition) is 0. The van der Waals surface area contributed by atoms with Gasteiger partial charge in [0, 0.05) is 11.9 Å². The summed E-state index contributed by atoms with van der Waals surface area (Å²) in [6, 6.07) is 12.1. The van der Waals surface area contributed by atoms with Crippen LogP contribution in [-0.4, -0.2) is 14.8 Å². The number of hydrogen-bond acceptors (Lipinski definition) is 3. The Morgan fingerprint density at radius 1 is 1.20 bits per heavy atom. The lowest BCUT2D eigenvalue weighted by atomic mass is 10.2. The molecule has 3 rings (SSSR count). The van der Waals surface area contributed by atoms with Crippen LogP contribution < -0.4 is 4.74 Å². The first-order valence-electron chi connectivity index (χ1n) is 6.77. The summed E-state index contributed by atoms with van der Waals surface area (Å²) in [5.41, 5.74) is 3.08. The lowest BCUT2D eigenvalue weighted by Crippen LogP contribution is -2.06. The summed E-state index contributed by atoms with van der Waals surface area (Å²) in [7, 11) is 0. The van der Waals surface area contributed by atoms with Gasteiger partial charge in [0.2, 0.25) is 0 Å². The molecule has 0 fully saturated rings. The molecular formula is C16H17N3O. The number of para-hydroxylation sites is 1. The molecule has 0 saturated carbocycles. The van der Waals surface area contributed by atoms with Gasteiger partial charge in [-0.15, -0.1) is 0 Å². The van der Waals surface area contributed by atoms with Crippen molar-refractivity contribution in [2.45, 2.75) is 27.0 Å². The van der Waals surface area contributed by atoms with Crippen LogP contribution in [0.4, 0.5) is 0 Å². The van der Waals surface area contributed by atoms with Gasteiger partial charge >= 0.3 is 0 Å². The highest BCUT2D eigenvalue weighted by molar-refractivity contribution is 5.79. The van der Waals surface area contributed by atoms with Crippen molar-refractivity contribution < 1.29 is 4.74 Å². The topological polar surface area (TPSA) is 39.9 Å². The molecule has 0 unspecified atom stereocenters. The van der Waals surface area contributed by atoms with Gasteiger partial charge < -0.3 is 4.74 Å². The lowest BCUT2D eigenvalue weighted by molar-refractivity contribution is 0.292. The van der Waals surface area contributed by atoms with Crippen LogP contribution in [0.3, 0.4) is 0 Å². The fourth-order valence-electron chi connectivity index (χ4n) is 2.28. The lowest BCUT2D eigenvalue weighted by Gasteiger charge is -2.08. The fourth-order valence-corrected chi connectivity index (χ4v) is 2.28. The number of fused-ring (bicyclic) bond motifs is 1. The zero-order valence-corrected chi connectivity index (χ0v) is 11.7. The summed E-state index contributed by atoms with van der Waals surface area (Å²) in [6.45, 7) is 5.43. The van der Waals surface area contributed by atoms with Crippen molar-refractivity contribution in [1.29, 1.82) is 0 Å². The molecule has 102 valence electrons. The van der Waals surface area contributed by atoms with Crippen LogP contribution in [0, 0.1) is 6.92 Å². The van der Waals surface area contributed by atoms with Gasteiger partial charge in [0.15, 0.2) is 0 Å². The Kier molecular flexibility index (Phi) is 3.37. The first kappa shape index (κ1) is 12.7. The first-order chi connectivity index (χ1) is 9.76. The molecule has 1 aromatic carbocycles. The Balaban J connectivity index is 1.79. The largest absolute Gasteiger partial charge is 0.486 e. The van der Waals surface area contributed by atoms with Gasteiger partial charge in [-0.25, -0.2) is 0 Å². The highest BCUT2D eigenvalue weighted by Crippen LogP contribution is 2.19. The number of aryl methyl sites for hydroxylation is 2. The molecule has 0 radical (unpaired) electrons. The standard InChI is InChI=1S/C16H17N3O/c1-3-19-14(8-12(2)18-19)11-20-15-9-13-6-4-5-7-16(13)17-10-15/h4-10H,3,11H2,1-2H3. The maximum atomic E-state index is 5.83. The van der Waals surface area contributed by atoms with E-state index in [-0.39, 0.29) is 0 Å². The molecule has 0 saturated heterocycles. The minimum absolute atomic E-state index is 0.509. The summed E-state index contributed by atoms with van der Waals surface area (Å²) >= 11 is 0. The van der Waals surface area contributed by atoms with Gasteiger partial charge in [-0.2, -0.15) is 5.10 Å². The second-order valence-electron chi connectivity index (χ2n) is 4.75. The number of rotatable bonds is 4. The van der Waals surface area contributed by atoms with E-state index < -0.39 is 0 Å². The second kappa shape index (κ2) is 5.33. The predicted octanol–water partition coefficient (Wildman–Crippen LogP) is 3.34. The van der Waals surface area contributed by atoms with Crippen LogP contribution >= 0.6 is 0 Å². The molecule has 0 atom stereocenters. The molecule has 0 N–H and O–H groups in total. The molecule has 4 heteroatoms. The second-order valence-corrected chi connectivity index (χ2v) is 4.75. The van der Waals surface area contributed by atoms with Crippen LogP contribution in [0.5, 0.6) is 5.75 Å². The Morgan fingerprint density at radius 2 is 2.05 bits per heavy atom. The van der Waals surface area contributed by atoms with E-state index in [0.29, 0.717) is 6.61 Å². The number of aromatic nitrogens is 3. The molecule has 0 bridgehead atoms. The zero-order chi connectivity index (χ0) is 13.9. The molecule has 2 heterocycles. The van der Waals surface area contributed by atoms with Crippen LogP contribution in [0.25, 0.3) is 10.9 Å². The van der Waals surface area contributed by atoms with E-state index in [2.05, 4.69) is 23.1 Å². The Hall–Kier alpha value is -2.36. The third kappa shape index (κ3) is 2.50. The Bertz CT molecular complexity index is 733. The van der Waals surface area contributed by atoms with E-state index in [4.69, 9.17) is 4.74 Å². The Labute approximate surface area is 118 Å². The summed E-state index contributed by atoms with van der Waals surface area (Å²) in [6.07, 6.45) is 1.77. The number of benzene rings is 1. The maximum Gasteiger partial charge on any atom is 0.138 e. The molecule has 3 aromatic rings. The Morgan fingerprint density at radius 3 is 2.90 bits per heavy atom. The van der Waals surface area contributed by atoms with E-state index in [0.717, 1.165) is 34.6 Å². The van der Waals surface area contributed by atoms with E-state index in [9.17, 15) is 0 Å². The molecule has 0 spiro atoms. The van der Waals surface area contributed by atoms with Crippen LogP contribution in [0.1, 0.15) is 18.3 Å². The molecule has 0 aliphatic heterocycles. The summed E-state index contributed by atoms with van der Waals surface area (Å²) in [4.78, 5) is 4.39. The van der Waals surface area contributed by atoms with Crippen LogP contribution in [-0.2, 0) is 13.2 Å². The molecule has 4 nitrogen and oxygen atoms in total. The monoisotopic (exact) mass is 267 g/mol. The van der Waals surface area contributed by atoms with Gasteiger partial charge in [0.25, 0.3) is 0 Å². The van der Waals surface area contributed by atoms with Gasteiger partial charge in [0.1, 0.15) is 12.4 Å². The molecule has 20 heavy (non-hydrogen) atoms. The van der Waals surface area contributed by atoms with Crippen molar-refractivity contribution in [2.75, 3.05) is 0 Å². The van der Waals surface area contributed by atoms with E-state index in [1.807, 2.05) is 41.9 Å². The van der Waals surface area contributed by atoms with Crippen molar-refractivity contribution >= 4 is 10.9 Å². The van der Waals surface area contributed by atoms with Gasteiger partial charge in [-0.05, 0) is 32.0 Å². The van der Waals surface area contributed by atoms with Crippen molar-refractivity contribution in [1.82, 2.24) is 14.8 Å². The summed E-state index contributed by atoms with van der Waals surface area (Å²) in [5, 5.41) is 5.50. The summed E-state index contributed by atoms with van der Waals surface area (Å²) in [5.74, 6) is 0.783. The van der Waals surface area contributed by atoms with Crippen molar-refractivity contribution in [3.63, 3.8) is 0 Å². The molecule has 0 aliphatic rings. The quantitative estimate of drug-likeness (QED) is 0.728. The van der Waals surface area contributed by atoms with Crippen LogP contribution in [0.2, 0.25) is 0 Å². The van der Waals surface area contributed by atoms with Crippen molar-refractivity contribution in [3.8, 4) is 5.75 Å². The average molecular weight is 267 g/mol. The third-order valence-corrected chi connectivity index (χ3v) is 3.24. The fraction of sp³-hybridized carbons (Fsp3) is 0.250. The summed E-state index contributed by atoms with van der Waals surface area (Å²) < 4.78 is 7.79. The van der Waals surface area contributed by atoms with Crippen molar-refractivity contribution in [2.24, 2.45) is 0 Å². The minimum atomic E-state index is 0.509. The van der Waals surface area contributed by atoms with E-state index >= 15 is 0 Å². The maximum absolute atomic E-state index is 5.83. The zero-order valence-electron chi connectivity index (χ0n) is 11.7. The first-order valence-corrected chi connectivity index (χ1v) is 6.77. The average Bonchev–Trinajstić information content (AvgIpc) is 2.85. The van der Waals surface area contributed by atoms with E-state index in [1.54, 1.807) is 6.20 Å². The normalized spacial score (nSPS) is 10.9. The molecule has 0 amide bonds. The molecular weight excluding hydrogens is 250 g/mol. The number of nitrogens with zero attached hydrogens (tertiary/aromatic N) is 3. The third-order valence-electron chi connectivity index (χ3n) is 3.24. The van der Waals surface area contributed by atoms with Crippen molar-refractivity contribution in [3.05, 3.63) is 54.0 Å². The van der Waals surface area contributed by atoms with E-state index in [1.165, 1.54) is 0 Å². The highest BCUT2D eigenvalue weighted by atomic mass is 16.5. The number of ether oxygens (including phenoxy) is 1. The van der Waals surface area contributed by atoms with Crippen LogP contribution in [0.15, 0.2) is 42.6 Å². The van der Waals surface area contributed by atoms with Gasteiger partial charge in [-0.1, -0.05) is 18.2 Å². The molecule has 2 aromatic heterocycles. The smallest absolute Gasteiger partial charge is 0.138 e.